The molecule has 1 N–H and O–H groups in total. The molecule has 0 aromatic rings. The van der Waals surface area contributed by atoms with Crippen LogP contribution in [0.2, 0.25) is 0 Å². The van der Waals surface area contributed by atoms with Crippen molar-refractivity contribution in [3.05, 3.63) is 0 Å². The van der Waals surface area contributed by atoms with Crippen molar-refractivity contribution in [1.82, 2.24) is 0 Å². The van der Waals surface area contributed by atoms with E-state index in [-0.39, 0.29) is 0 Å². The first-order valence-electron chi connectivity index (χ1n) is 1.65. The molecule has 0 amide bonds. The fraction of sp³-hybridized carbons (Fsp3) is 1.00. The molecule has 0 rings (SSSR count). The molecule has 8 heteroatoms. The van der Waals surface area contributed by atoms with Crippen LogP contribution in [0, 0.1) is 0 Å². The van der Waals surface area contributed by atoms with Gasteiger partial charge in [0.15, 0.2) is 0 Å². The van der Waals surface area contributed by atoms with Gasteiger partial charge in [0.05, 0.1) is 0 Å². The third-order valence-corrected chi connectivity index (χ3v) is 1.24. The van der Waals surface area contributed by atoms with Gasteiger partial charge in [0.25, 0.3) is 6.35 Å². The largest absolute Gasteiger partial charge is 0.594 e. The minimum absolute atomic E-state index is 1.02. The Hall–Kier alpha value is -0.0700. The highest BCUT2D eigenvalue weighted by Gasteiger charge is 2.09. The molecule has 9 heavy (non-hydrogen) atoms. The summed E-state index contributed by atoms with van der Waals surface area (Å²) in [6.07, 6.45) is -1.02. The molecule has 0 saturated heterocycles. The molecular formula is CH3O6PS. The van der Waals surface area contributed by atoms with E-state index in [0.717, 1.165) is 0 Å². The predicted octanol–water partition coefficient (Wildman–Crippen LogP) is -1.13. The van der Waals surface area contributed by atoms with Gasteiger partial charge in [0.1, 0.15) is 0 Å². The summed E-state index contributed by atoms with van der Waals surface area (Å²) in [6, 6.07) is 0. The maximum atomic E-state index is 9.60. The minimum Gasteiger partial charge on any atom is -0.594 e. The third kappa shape index (κ3) is 7.93. The van der Waals surface area contributed by atoms with Crippen LogP contribution in [0.4, 0.5) is 0 Å². The van der Waals surface area contributed by atoms with Crippen molar-refractivity contribution in [2.24, 2.45) is 0 Å². The maximum absolute atomic E-state index is 9.60. The summed E-state index contributed by atoms with van der Waals surface area (Å²) in [4.78, 5) is 9.58. The number of hydrogen-bond acceptors (Lipinski definition) is 5. The van der Waals surface area contributed by atoms with Crippen LogP contribution < -0.4 is 4.89 Å². The molecule has 1 atom stereocenters. The summed E-state index contributed by atoms with van der Waals surface area (Å²) < 4.78 is 40.0. The first-order valence-corrected chi connectivity index (χ1v) is 4.38. The van der Waals surface area contributed by atoms with Gasteiger partial charge in [-0.05, 0) is 0 Å². The second kappa shape index (κ2) is 3.19. The van der Waals surface area contributed by atoms with Crippen LogP contribution >= 0.6 is 8.03 Å². The van der Waals surface area contributed by atoms with E-state index in [9.17, 15) is 17.9 Å². The van der Waals surface area contributed by atoms with Crippen LogP contribution in [0.5, 0.6) is 0 Å². The van der Waals surface area contributed by atoms with Crippen LogP contribution in [0.15, 0.2) is 0 Å². The summed E-state index contributed by atoms with van der Waals surface area (Å²) in [7, 11) is -7.53. The van der Waals surface area contributed by atoms with Gasteiger partial charge in [-0.25, -0.2) is 0 Å². The smallest absolute Gasteiger partial charge is 0.401 e. The Labute approximate surface area is 52.3 Å². The first kappa shape index (κ1) is 8.93. The Bertz CT molecular complexity index is 191. The van der Waals surface area contributed by atoms with Crippen molar-refractivity contribution in [3.63, 3.8) is 0 Å². The molecule has 0 heterocycles. The molecule has 0 spiro atoms. The monoisotopic (exact) mass is 174 g/mol. The van der Waals surface area contributed by atoms with Gasteiger partial charge in [-0.2, -0.15) is 12.6 Å². The lowest BCUT2D eigenvalue weighted by Gasteiger charge is -1.89. The summed E-state index contributed by atoms with van der Waals surface area (Å²) in [6.45, 7) is 0. The molecular weight excluding hydrogens is 171 g/mol. The molecule has 1 unspecified atom stereocenters. The lowest BCUT2D eigenvalue weighted by atomic mass is 11.7. The minimum atomic E-state index is -4.60. The summed E-state index contributed by atoms with van der Waals surface area (Å²) in [5.41, 5.74) is 0. The zero-order valence-corrected chi connectivity index (χ0v) is 5.76. The Morgan fingerprint density at radius 1 is 1.67 bits per heavy atom. The Kier molecular flexibility index (Phi) is 3.16. The van der Waals surface area contributed by atoms with Crippen LogP contribution in [0.1, 0.15) is 0 Å². The molecule has 0 aromatic carbocycles. The van der Waals surface area contributed by atoms with Crippen LogP contribution in [0.25, 0.3) is 0 Å². The Morgan fingerprint density at radius 3 is 2.22 bits per heavy atom. The van der Waals surface area contributed by atoms with Gasteiger partial charge in [-0.3, -0.25) is 4.55 Å². The molecule has 0 saturated carbocycles. The molecule has 0 fully saturated rings. The quantitative estimate of drug-likeness (QED) is 0.428. The molecule has 6 nitrogen and oxygen atoms in total. The van der Waals surface area contributed by atoms with E-state index in [1.54, 1.807) is 0 Å². The van der Waals surface area contributed by atoms with E-state index in [2.05, 4.69) is 4.18 Å². The summed E-state index contributed by atoms with van der Waals surface area (Å²) in [5, 5.41) is 0. The van der Waals surface area contributed by atoms with E-state index >= 15 is 0 Å². The van der Waals surface area contributed by atoms with E-state index in [4.69, 9.17) is 4.55 Å². The van der Waals surface area contributed by atoms with Gasteiger partial charge >= 0.3 is 18.4 Å². The van der Waals surface area contributed by atoms with Crippen LogP contribution in [-0.4, -0.2) is 19.3 Å². The first-order chi connectivity index (χ1) is 3.92. The third-order valence-electron chi connectivity index (χ3n) is 0.307. The average Bonchev–Trinajstić information content (AvgIpc) is 1.59. The second-order valence-corrected chi connectivity index (χ2v) is 3.02. The van der Waals surface area contributed by atoms with Gasteiger partial charge in [-0.15, -0.1) is 0 Å². The fourth-order valence-electron chi connectivity index (χ4n) is 0.110. The number of hydrogen-bond donors (Lipinski definition) is 1. The highest BCUT2D eigenvalue weighted by molar-refractivity contribution is 7.81. The zero-order chi connectivity index (χ0) is 7.49. The second-order valence-electron chi connectivity index (χ2n) is 1.01. The highest BCUT2D eigenvalue weighted by Crippen LogP contribution is 2.07. The van der Waals surface area contributed by atoms with Crippen molar-refractivity contribution < 1.29 is 26.6 Å². The lowest BCUT2D eigenvalue weighted by Crippen LogP contribution is -2.05. The van der Waals surface area contributed by atoms with E-state index in [0.29, 0.717) is 0 Å². The molecule has 0 aliphatic rings. The van der Waals surface area contributed by atoms with Crippen LogP contribution in [0.3, 0.4) is 0 Å². The standard InChI is InChI=1S/CH3O6PS/c2-8(3)1-7-9(4,5)6/h1H2,(H,4,5,6). The fourth-order valence-corrected chi connectivity index (χ4v) is 0.987. The van der Waals surface area contributed by atoms with Crippen molar-refractivity contribution in [2.75, 3.05) is 6.35 Å². The number of rotatable bonds is 3. The van der Waals surface area contributed by atoms with Gasteiger partial charge in [0.2, 0.25) is 0 Å². The predicted molar refractivity (Wildman–Crippen MR) is 25.1 cm³/mol. The van der Waals surface area contributed by atoms with Crippen molar-refractivity contribution in [3.8, 4) is 0 Å². The lowest BCUT2D eigenvalue weighted by molar-refractivity contribution is -0.167. The van der Waals surface area contributed by atoms with E-state index in [1.807, 2.05) is 0 Å². The van der Waals surface area contributed by atoms with Crippen molar-refractivity contribution in [2.45, 2.75) is 0 Å². The topological polar surface area (TPSA) is 104 Å². The highest BCUT2D eigenvalue weighted by atomic mass is 32.3. The van der Waals surface area contributed by atoms with Gasteiger partial charge < -0.3 is 4.89 Å². The Morgan fingerprint density at radius 2 is 2.11 bits per heavy atom. The summed E-state index contributed by atoms with van der Waals surface area (Å²) >= 11 is 0. The van der Waals surface area contributed by atoms with Gasteiger partial charge in [-0.1, -0.05) is 4.57 Å². The SMILES string of the molecule is O=[P+]([O-])COS(=O)(=O)O. The van der Waals surface area contributed by atoms with E-state index < -0.39 is 24.8 Å². The van der Waals surface area contributed by atoms with Crippen molar-refractivity contribution >= 4 is 18.4 Å². The molecule has 0 radical (unpaired) electrons. The summed E-state index contributed by atoms with van der Waals surface area (Å²) in [5.74, 6) is 0. The normalized spacial score (nSPS) is 13.3. The van der Waals surface area contributed by atoms with E-state index in [1.165, 1.54) is 0 Å². The van der Waals surface area contributed by atoms with Gasteiger partial charge in [0, 0.05) is 0 Å². The molecule has 0 bridgehead atoms. The molecule has 54 valence electrons. The molecule has 0 aliphatic carbocycles. The zero-order valence-electron chi connectivity index (χ0n) is 4.05. The van der Waals surface area contributed by atoms with Crippen molar-refractivity contribution in [1.29, 1.82) is 0 Å². The molecule has 0 aromatic heterocycles. The average molecular weight is 174 g/mol. The Balaban J connectivity index is 3.67. The van der Waals surface area contributed by atoms with Crippen LogP contribution in [-0.2, 0) is 19.1 Å². The molecule has 0 aliphatic heterocycles. The maximum Gasteiger partial charge on any atom is 0.401 e.